The van der Waals surface area contributed by atoms with Gasteiger partial charge in [-0.1, -0.05) is 6.07 Å². The number of carbonyl (C=O) groups is 1. The first-order valence-corrected chi connectivity index (χ1v) is 8.47. The third-order valence-corrected chi connectivity index (χ3v) is 3.86. The highest BCUT2D eigenvalue weighted by atomic mass is 16.6. The minimum absolute atomic E-state index is 0.445. The van der Waals surface area contributed by atoms with Crippen molar-refractivity contribution in [1.29, 1.82) is 0 Å². The first kappa shape index (κ1) is 18.5. The predicted molar refractivity (Wildman–Crippen MR) is 95.9 cm³/mol. The maximum Gasteiger partial charge on any atom is 0.412 e. The van der Waals surface area contributed by atoms with Crippen molar-refractivity contribution >= 4 is 11.8 Å². The molecule has 0 aliphatic carbocycles. The van der Waals surface area contributed by atoms with E-state index in [-0.39, 0.29) is 0 Å². The van der Waals surface area contributed by atoms with Crippen molar-refractivity contribution in [3.8, 4) is 5.75 Å². The molecule has 1 aliphatic heterocycles. The SMILES string of the molecule is COc1ccc(CCN2CCNCC2)c(NC(=O)OC(C)(C)C)c1. The number of nitrogens with one attached hydrogen (secondary N) is 2. The van der Waals surface area contributed by atoms with Gasteiger partial charge in [-0.15, -0.1) is 0 Å². The lowest BCUT2D eigenvalue weighted by molar-refractivity contribution is 0.0635. The molecule has 0 spiro atoms. The van der Waals surface area contributed by atoms with Gasteiger partial charge in [0, 0.05) is 38.8 Å². The van der Waals surface area contributed by atoms with Crippen LogP contribution >= 0.6 is 0 Å². The van der Waals surface area contributed by atoms with Gasteiger partial charge in [0.05, 0.1) is 12.8 Å². The monoisotopic (exact) mass is 335 g/mol. The van der Waals surface area contributed by atoms with Gasteiger partial charge < -0.3 is 19.7 Å². The molecule has 1 aliphatic rings. The largest absolute Gasteiger partial charge is 0.497 e. The maximum absolute atomic E-state index is 12.1. The molecular weight excluding hydrogens is 306 g/mol. The Hall–Kier alpha value is -1.79. The van der Waals surface area contributed by atoms with Crippen LogP contribution in [0.5, 0.6) is 5.75 Å². The third-order valence-electron chi connectivity index (χ3n) is 3.86. The van der Waals surface area contributed by atoms with Crippen LogP contribution in [-0.4, -0.2) is 56.4 Å². The molecule has 0 bridgehead atoms. The van der Waals surface area contributed by atoms with Gasteiger partial charge in [-0.05, 0) is 38.8 Å². The van der Waals surface area contributed by atoms with Crippen molar-refractivity contribution in [2.75, 3.05) is 45.2 Å². The second kappa shape index (κ2) is 8.35. The van der Waals surface area contributed by atoms with Crippen LogP contribution in [-0.2, 0) is 11.2 Å². The molecule has 6 heteroatoms. The third kappa shape index (κ3) is 6.02. The van der Waals surface area contributed by atoms with Gasteiger partial charge in [0.15, 0.2) is 0 Å². The number of ether oxygens (including phenoxy) is 2. The fraction of sp³-hybridized carbons (Fsp3) is 0.611. The van der Waals surface area contributed by atoms with Crippen molar-refractivity contribution in [2.24, 2.45) is 0 Å². The summed E-state index contributed by atoms with van der Waals surface area (Å²) < 4.78 is 10.6. The summed E-state index contributed by atoms with van der Waals surface area (Å²) in [7, 11) is 1.62. The summed E-state index contributed by atoms with van der Waals surface area (Å²) in [6, 6.07) is 5.78. The Morgan fingerprint density at radius 1 is 1.29 bits per heavy atom. The molecule has 0 radical (unpaired) electrons. The highest BCUT2D eigenvalue weighted by Crippen LogP contribution is 2.24. The molecule has 2 N–H and O–H groups in total. The second-order valence-electron chi connectivity index (χ2n) is 6.99. The van der Waals surface area contributed by atoms with Crippen molar-refractivity contribution in [3.63, 3.8) is 0 Å². The number of hydrogen-bond acceptors (Lipinski definition) is 5. The lowest BCUT2D eigenvalue weighted by atomic mass is 10.1. The number of amides is 1. The first-order chi connectivity index (χ1) is 11.4. The standard InChI is InChI=1S/C18H29N3O3/c1-18(2,3)24-17(22)20-16-13-15(23-4)6-5-14(16)7-10-21-11-8-19-9-12-21/h5-6,13,19H,7-12H2,1-4H3,(H,20,22). The molecule has 1 aromatic carbocycles. The van der Waals surface area contributed by atoms with E-state index in [1.807, 2.05) is 39.0 Å². The molecule has 0 saturated carbocycles. The van der Waals surface area contributed by atoms with Gasteiger partial charge >= 0.3 is 6.09 Å². The molecule has 0 atom stereocenters. The number of carbonyl (C=O) groups excluding carboxylic acids is 1. The Bertz CT molecular complexity index is 549. The molecule has 1 amide bonds. The highest BCUT2D eigenvalue weighted by Gasteiger charge is 2.18. The van der Waals surface area contributed by atoms with Crippen molar-refractivity contribution in [2.45, 2.75) is 32.8 Å². The smallest absolute Gasteiger partial charge is 0.412 e. The van der Waals surface area contributed by atoms with E-state index in [0.717, 1.165) is 50.4 Å². The number of rotatable bonds is 5. The molecule has 1 fully saturated rings. The van der Waals surface area contributed by atoms with Crippen LogP contribution in [0.1, 0.15) is 26.3 Å². The summed E-state index contributed by atoms with van der Waals surface area (Å²) >= 11 is 0. The normalized spacial score (nSPS) is 15.8. The Balaban J connectivity index is 2.04. The van der Waals surface area contributed by atoms with E-state index < -0.39 is 11.7 Å². The second-order valence-corrected chi connectivity index (χ2v) is 6.99. The zero-order chi connectivity index (χ0) is 17.6. The zero-order valence-corrected chi connectivity index (χ0v) is 15.1. The van der Waals surface area contributed by atoms with Crippen LogP contribution in [0.25, 0.3) is 0 Å². The number of methoxy groups -OCH3 is 1. The Kier molecular flexibility index (Phi) is 6.45. The summed E-state index contributed by atoms with van der Waals surface area (Å²) in [5.41, 5.74) is 1.31. The van der Waals surface area contributed by atoms with E-state index in [4.69, 9.17) is 9.47 Å². The van der Waals surface area contributed by atoms with Crippen LogP contribution in [0.3, 0.4) is 0 Å². The molecule has 1 saturated heterocycles. The Morgan fingerprint density at radius 3 is 2.62 bits per heavy atom. The van der Waals surface area contributed by atoms with Crippen LogP contribution in [0.15, 0.2) is 18.2 Å². The van der Waals surface area contributed by atoms with E-state index in [9.17, 15) is 4.79 Å². The van der Waals surface area contributed by atoms with Gasteiger partial charge in [0.2, 0.25) is 0 Å². The van der Waals surface area contributed by atoms with Crippen molar-refractivity contribution < 1.29 is 14.3 Å². The molecule has 6 nitrogen and oxygen atoms in total. The fourth-order valence-corrected chi connectivity index (χ4v) is 2.64. The molecule has 2 rings (SSSR count). The minimum Gasteiger partial charge on any atom is -0.497 e. The number of hydrogen-bond donors (Lipinski definition) is 2. The van der Waals surface area contributed by atoms with E-state index in [0.29, 0.717) is 5.75 Å². The lowest BCUT2D eigenvalue weighted by Gasteiger charge is -2.27. The zero-order valence-electron chi connectivity index (χ0n) is 15.1. The number of benzene rings is 1. The molecule has 1 heterocycles. The summed E-state index contributed by atoms with van der Waals surface area (Å²) in [6.45, 7) is 10.7. The van der Waals surface area contributed by atoms with Gasteiger partial charge in [0.25, 0.3) is 0 Å². The van der Waals surface area contributed by atoms with Crippen LogP contribution in [0.4, 0.5) is 10.5 Å². The number of anilines is 1. The summed E-state index contributed by atoms with van der Waals surface area (Å²) in [4.78, 5) is 14.5. The first-order valence-electron chi connectivity index (χ1n) is 8.47. The molecule has 134 valence electrons. The van der Waals surface area contributed by atoms with E-state index >= 15 is 0 Å². The van der Waals surface area contributed by atoms with Gasteiger partial charge in [-0.25, -0.2) is 4.79 Å². The Labute approximate surface area is 144 Å². The van der Waals surface area contributed by atoms with Gasteiger partial charge in [-0.3, -0.25) is 5.32 Å². The lowest BCUT2D eigenvalue weighted by Crippen LogP contribution is -2.44. The van der Waals surface area contributed by atoms with Crippen molar-refractivity contribution in [3.05, 3.63) is 23.8 Å². The summed E-state index contributed by atoms with van der Waals surface area (Å²) in [6.07, 6.45) is 0.425. The van der Waals surface area contributed by atoms with Crippen LogP contribution in [0.2, 0.25) is 0 Å². The fourth-order valence-electron chi connectivity index (χ4n) is 2.64. The number of nitrogens with zero attached hydrogens (tertiary/aromatic N) is 1. The predicted octanol–water partition coefficient (Wildman–Crippen LogP) is 2.49. The topological polar surface area (TPSA) is 62.8 Å². The van der Waals surface area contributed by atoms with E-state index in [1.165, 1.54) is 0 Å². The minimum atomic E-state index is -0.524. The summed E-state index contributed by atoms with van der Waals surface area (Å²) in [5.74, 6) is 0.715. The molecule has 24 heavy (non-hydrogen) atoms. The quantitative estimate of drug-likeness (QED) is 0.866. The molecule has 0 unspecified atom stereocenters. The average molecular weight is 335 g/mol. The summed E-state index contributed by atoms with van der Waals surface area (Å²) in [5, 5.41) is 6.21. The average Bonchev–Trinajstić information content (AvgIpc) is 2.52. The van der Waals surface area contributed by atoms with Crippen LogP contribution < -0.4 is 15.4 Å². The molecular formula is C18H29N3O3. The highest BCUT2D eigenvalue weighted by molar-refractivity contribution is 5.86. The molecule has 1 aromatic rings. The van der Waals surface area contributed by atoms with Gasteiger partial charge in [-0.2, -0.15) is 0 Å². The van der Waals surface area contributed by atoms with Crippen molar-refractivity contribution in [1.82, 2.24) is 10.2 Å². The molecule has 0 aromatic heterocycles. The Morgan fingerprint density at radius 2 is 2.00 bits per heavy atom. The van der Waals surface area contributed by atoms with E-state index in [1.54, 1.807) is 7.11 Å². The van der Waals surface area contributed by atoms with E-state index in [2.05, 4.69) is 15.5 Å². The number of piperazine rings is 1. The maximum atomic E-state index is 12.1. The van der Waals surface area contributed by atoms with Crippen LogP contribution in [0, 0.1) is 0 Å². The van der Waals surface area contributed by atoms with Gasteiger partial charge in [0.1, 0.15) is 11.4 Å².